The molecule has 0 saturated heterocycles. The highest BCUT2D eigenvalue weighted by Gasteiger charge is 2.27. The number of nitrogens with zero attached hydrogens (tertiary/aromatic N) is 4. The molecule has 2 aromatic heterocycles. The van der Waals surface area contributed by atoms with Crippen molar-refractivity contribution in [2.24, 2.45) is 5.41 Å². The number of rotatable bonds is 5. The fourth-order valence-electron chi connectivity index (χ4n) is 3.48. The van der Waals surface area contributed by atoms with E-state index >= 15 is 0 Å². The summed E-state index contributed by atoms with van der Waals surface area (Å²) in [6, 6.07) is 0. The van der Waals surface area contributed by atoms with Crippen molar-refractivity contribution in [2.75, 3.05) is 6.26 Å². The Hall–Kier alpha value is -1.63. The van der Waals surface area contributed by atoms with E-state index in [4.69, 9.17) is 0 Å². The van der Waals surface area contributed by atoms with Gasteiger partial charge in [0.05, 0.1) is 6.42 Å². The maximum atomic E-state index is 12.6. The predicted molar refractivity (Wildman–Crippen MR) is 102 cm³/mol. The molecule has 25 heavy (non-hydrogen) atoms. The molecule has 1 N–H and O–H groups in total. The zero-order chi connectivity index (χ0) is 19.0. The minimum Gasteiger partial charge on any atom is -0.351 e. The van der Waals surface area contributed by atoms with Gasteiger partial charge in [0.15, 0.2) is 0 Å². The van der Waals surface area contributed by atoms with E-state index in [0.717, 1.165) is 23.4 Å². The van der Waals surface area contributed by atoms with Gasteiger partial charge in [0.2, 0.25) is 11.1 Å². The van der Waals surface area contributed by atoms with Gasteiger partial charge < -0.3 is 5.32 Å². The van der Waals surface area contributed by atoms with Crippen LogP contribution in [0, 0.1) is 19.3 Å². The van der Waals surface area contributed by atoms with Gasteiger partial charge in [0, 0.05) is 22.5 Å². The lowest BCUT2D eigenvalue weighted by Crippen LogP contribution is -2.46. The van der Waals surface area contributed by atoms with E-state index in [9.17, 15) is 4.79 Å². The average Bonchev–Trinajstić information content (AvgIpc) is 2.83. The highest BCUT2D eigenvalue weighted by molar-refractivity contribution is 7.98. The van der Waals surface area contributed by atoms with Crippen molar-refractivity contribution in [3.8, 4) is 0 Å². The standard InChI is InChI=1S/C18H29N5OS/c1-11-13(9-14(24)21-18(6,7)10-17(3,4)5)12(2)23-15(19-11)20-16(22-23)25-8/h9-10H2,1-8H3,(H,21,24). The van der Waals surface area contributed by atoms with Gasteiger partial charge in [-0.05, 0) is 45.8 Å². The van der Waals surface area contributed by atoms with Crippen LogP contribution in [0.4, 0.5) is 0 Å². The van der Waals surface area contributed by atoms with Crippen LogP contribution < -0.4 is 5.32 Å². The lowest BCUT2D eigenvalue weighted by molar-refractivity contribution is -0.122. The summed E-state index contributed by atoms with van der Waals surface area (Å²) in [5.41, 5.74) is 2.55. The van der Waals surface area contributed by atoms with E-state index in [-0.39, 0.29) is 16.9 Å². The molecule has 0 aliphatic heterocycles. The number of thioether (sulfide) groups is 1. The number of aryl methyl sites for hydroxylation is 2. The van der Waals surface area contributed by atoms with Crippen molar-refractivity contribution in [3.05, 3.63) is 17.0 Å². The van der Waals surface area contributed by atoms with Gasteiger partial charge in [-0.25, -0.2) is 9.50 Å². The smallest absolute Gasteiger partial charge is 0.253 e. The quantitative estimate of drug-likeness (QED) is 0.825. The van der Waals surface area contributed by atoms with Crippen LogP contribution in [0.2, 0.25) is 0 Å². The molecule has 2 heterocycles. The topological polar surface area (TPSA) is 72.2 Å². The second-order valence-electron chi connectivity index (χ2n) is 8.42. The van der Waals surface area contributed by atoms with Crippen LogP contribution in [0.5, 0.6) is 0 Å². The van der Waals surface area contributed by atoms with Gasteiger partial charge in [-0.2, -0.15) is 4.98 Å². The first-order valence-corrected chi connectivity index (χ1v) is 9.72. The van der Waals surface area contributed by atoms with Crippen molar-refractivity contribution >= 4 is 23.4 Å². The summed E-state index contributed by atoms with van der Waals surface area (Å²) >= 11 is 1.48. The first-order chi connectivity index (χ1) is 11.4. The van der Waals surface area contributed by atoms with Gasteiger partial charge in [0.1, 0.15) is 0 Å². The maximum absolute atomic E-state index is 12.6. The first kappa shape index (κ1) is 19.7. The summed E-state index contributed by atoms with van der Waals surface area (Å²) < 4.78 is 1.72. The molecule has 0 atom stereocenters. The summed E-state index contributed by atoms with van der Waals surface area (Å²) in [4.78, 5) is 21.5. The third-order valence-electron chi connectivity index (χ3n) is 4.00. The minimum atomic E-state index is -0.256. The minimum absolute atomic E-state index is 0.00630. The number of fused-ring (bicyclic) bond motifs is 1. The molecule has 0 saturated carbocycles. The molecule has 0 bridgehead atoms. The fourth-order valence-corrected chi connectivity index (χ4v) is 3.82. The van der Waals surface area contributed by atoms with Crippen molar-refractivity contribution in [1.29, 1.82) is 0 Å². The molecule has 7 heteroatoms. The Bertz CT molecular complexity index is 789. The van der Waals surface area contributed by atoms with E-state index in [1.165, 1.54) is 11.8 Å². The van der Waals surface area contributed by atoms with Crippen LogP contribution in [0.15, 0.2) is 5.16 Å². The van der Waals surface area contributed by atoms with Crippen molar-refractivity contribution in [2.45, 2.75) is 72.0 Å². The summed E-state index contributed by atoms with van der Waals surface area (Å²) in [7, 11) is 0. The number of aromatic nitrogens is 4. The fraction of sp³-hybridized carbons (Fsp3) is 0.667. The second kappa shape index (κ2) is 6.94. The Balaban J connectivity index is 2.23. The Morgan fingerprint density at radius 3 is 2.36 bits per heavy atom. The first-order valence-electron chi connectivity index (χ1n) is 8.50. The highest BCUT2D eigenvalue weighted by Crippen LogP contribution is 2.27. The molecule has 0 spiro atoms. The maximum Gasteiger partial charge on any atom is 0.253 e. The summed E-state index contributed by atoms with van der Waals surface area (Å²) in [5, 5.41) is 8.28. The van der Waals surface area contributed by atoms with E-state index < -0.39 is 0 Å². The number of nitrogens with one attached hydrogen (secondary N) is 1. The van der Waals surface area contributed by atoms with Crippen LogP contribution in [0.25, 0.3) is 5.78 Å². The van der Waals surface area contributed by atoms with Gasteiger partial charge in [-0.15, -0.1) is 5.10 Å². The number of hydrogen-bond donors (Lipinski definition) is 1. The number of amides is 1. The normalized spacial score (nSPS) is 12.6. The lowest BCUT2D eigenvalue weighted by atomic mass is 9.81. The summed E-state index contributed by atoms with van der Waals surface area (Å²) in [6.07, 6.45) is 3.13. The zero-order valence-corrected chi connectivity index (χ0v) is 17.3. The number of hydrogen-bond acceptors (Lipinski definition) is 5. The monoisotopic (exact) mass is 363 g/mol. The van der Waals surface area contributed by atoms with E-state index in [1.807, 2.05) is 20.1 Å². The van der Waals surface area contributed by atoms with Crippen molar-refractivity contribution in [3.63, 3.8) is 0 Å². The predicted octanol–water partition coefficient (Wildman–Crippen LogP) is 3.34. The SMILES string of the molecule is CSc1nc2nc(C)c(CC(=O)NC(C)(C)CC(C)(C)C)c(C)n2n1. The molecule has 0 aliphatic rings. The molecular weight excluding hydrogens is 334 g/mol. The third-order valence-corrected chi connectivity index (χ3v) is 4.54. The Morgan fingerprint density at radius 1 is 1.16 bits per heavy atom. The van der Waals surface area contributed by atoms with Crippen LogP contribution in [-0.2, 0) is 11.2 Å². The molecule has 6 nitrogen and oxygen atoms in total. The molecule has 138 valence electrons. The van der Waals surface area contributed by atoms with Crippen molar-refractivity contribution in [1.82, 2.24) is 24.9 Å². The molecule has 1 amide bonds. The van der Waals surface area contributed by atoms with Gasteiger partial charge in [-0.3, -0.25) is 4.79 Å². The van der Waals surface area contributed by atoms with Gasteiger partial charge in [0.25, 0.3) is 5.78 Å². The van der Waals surface area contributed by atoms with Crippen LogP contribution in [0.1, 0.15) is 58.0 Å². The molecular formula is C18H29N5OS. The third kappa shape index (κ3) is 4.93. The molecule has 0 unspecified atom stereocenters. The Morgan fingerprint density at radius 2 is 1.80 bits per heavy atom. The molecule has 0 radical (unpaired) electrons. The van der Waals surface area contributed by atoms with E-state index in [0.29, 0.717) is 17.4 Å². The lowest BCUT2D eigenvalue weighted by Gasteiger charge is -2.33. The summed E-state index contributed by atoms with van der Waals surface area (Å²) in [5.74, 6) is 0.586. The van der Waals surface area contributed by atoms with Gasteiger partial charge in [-0.1, -0.05) is 32.5 Å². The van der Waals surface area contributed by atoms with Crippen LogP contribution in [0.3, 0.4) is 0 Å². The molecule has 0 aliphatic carbocycles. The largest absolute Gasteiger partial charge is 0.351 e. The van der Waals surface area contributed by atoms with Gasteiger partial charge >= 0.3 is 0 Å². The zero-order valence-electron chi connectivity index (χ0n) is 16.5. The highest BCUT2D eigenvalue weighted by atomic mass is 32.2. The summed E-state index contributed by atoms with van der Waals surface area (Å²) in [6.45, 7) is 14.6. The van der Waals surface area contributed by atoms with Crippen LogP contribution in [-0.4, -0.2) is 37.3 Å². The molecule has 0 aromatic carbocycles. The molecule has 2 aromatic rings. The number of carbonyl (C=O) groups is 1. The van der Waals surface area contributed by atoms with Crippen LogP contribution >= 0.6 is 11.8 Å². The molecule has 2 rings (SSSR count). The Labute approximate surface area is 154 Å². The molecule has 0 fully saturated rings. The second-order valence-corrected chi connectivity index (χ2v) is 9.19. The average molecular weight is 364 g/mol. The van der Waals surface area contributed by atoms with E-state index in [1.54, 1.807) is 4.52 Å². The van der Waals surface area contributed by atoms with E-state index in [2.05, 4.69) is 55.0 Å². The van der Waals surface area contributed by atoms with Crippen molar-refractivity contribution < 1.29 is 4.79 Å². The Kier molecular flexibility index (Phi) is 5.47. The number of carbonyl (C=O) groups excluding carboxylic acids is 1.